The van der Waals surface area contributed by atoms with Crippen LogP contribution in [0.4, 0.5) is 5.69 Å². The van der Waals surface area contributed by atoms with Crippen molar-refractivity contribution in [3.63, 3.8) is 0 Å². The van der Waals surface area contributed by atoms with Crippen molar-refractivity contribution in [3.8, 4) is 0 Å². The predicted molar refractivity (Wildman–Crippen MR) is 71.9 cm³/mol. The fourth-order valence-electron chi connectivity index (χ4n) is 1.85. The average molecular weight is 249 g/mol. The average Bonchev–Trinajstić information content (AvgIpc) is 2.72. The first-order chi connectivity index (χ1) is 8.09. The summed E-state index contributed by atoms with van der Waals surface area (Å²) in [6, 6.07) is 8.18. The van der Waals surface area contributed by atoms with Gasteiger partial charge in [0.05, 0.1) is 11.6 Å². The normalized spacial score (nSPS) is 12.6. The molecule has 0 spiro atoms. The van der Waals surface area contributed by atoms with Gasteiger partial charge >= 0.3 is 5.97 Å². The zero-order chi connectivity index (χ0) is 12.4. The Morgan fingerprint density at radius 2 is 2.18 bits per heavy atom. The molecule has 0 bridgehead atoms. The molecule has 2 rings (SSSR count). The second-order valence-electron chi connectivity index (χ2n) is 4.24. The van der Waals surface area contributed by atoms with Gasteiger partial charge in [-0.25, -0.2) is 0 Å². The molecule has 0 amide bonds. The van der Waals surface area contributed by atoms with Crippen LogP contribution in [0.25, 0.3) is 10.1 Å². The van der Waals surface area contributed by atoms with Crippen LogP contribution in [0.2, 0.25) is 0 Å². The number of carboxylic acids is 1. The van der Waals surface area contributed by atoms with Gasteiger partial charge in [0.25, 0.3) is 0 Å². The smallest absolute Gasteiger partial charge is 0.308 e. The highest BCUT2D eigenvalue weighted by atomic mass is 32.1. The van der Waals surface area contributed by atoms with Crippen LogP contribution in [0.3, 0.4) is 0 Å². The van der Waals surface area contributed by atoms with Gasteiger partial charge in [0, 0.05) is 29.1 Å². The lowest BCUT2D eigenvalue weighted by Crippen LogP contribution is -2.28. The molecule has 1 aromatic carbocycles. The van der Waals surface area contributed by atoms with Gasteiger partial charge in [0.2, 0.25) is 0 Å². The van der Waals surface area contributed by atoms with E-state index in [4.69, 9.17) is 5.11 Å². The number of anilines is 1. The molecule has 0 aliphatic rings. The van der Waals surface area contributed by atoms with Crippen molar-refractivity contribution in [2.75, 3.05) is 18.5 Å². The number of benzene rings is 1. The summed E-state index contributed by atoms with van der Waals surface area (Å²) in [6.45, 7) is 2.25. The lowest BCUT2D eigenvalue weighted by Gasteiger charge is -2.20. The van der Waals surface area contributed by atoms with E-state index in [1.807, 2.05) is 24.1 Å². The zero-order valence-electron chi connectivity index (χ0n) is 9.88. The number of rotatable bonds is 4. The van der Waals surface area contributed by atoms with Crippen LogP contribution in [0.5, 0.6) is 0 Å². The number of carboxylic acid groups (broad SMARTS) is 1. The quantitative estimate of drug-likeness (QED) is 0.905. The van der Waals surface area contributed by atoms with E-state index < -0.39 is 5.97 Å². The molecule has 1 N–H and O–H groups in total. The fourth-order valence-corrected chi connectivity index (χ4v) is 2.85. The number of aliphatic carboxylic acids is 1. The highest BCUT2D eigenvalue weighted by Crippen LogP contribution is 2.32. The summed E-state index contributed by atoms with van der Waals surface area (Å²) in [5.74, 6) is -1.12. The van der Waals surface area contributed by atoms with Crippen molar-refractivity contribution in [2.24, 2.45) is 5.92 Å². The SMILES string of the molecule is CC(CN(C)c1csc2ccccc12)C(=O)O. The topological polar surface area (TPSA) is 40.5 Å². The first-order valence-corrected chi connectivity index (χ1v) is 6.37. The summed E-state index contributed by atoms with van der Waals surface area (Å²) in [5.41, 5.74) is 1.11. The third kappa shape index (κ3) is 2.42. The highest BCUT2D eigenvalue weighted by Gasteiger charge is 2.15. The number of carbonyl (C=O) groups is 1. The third-order valence-electron chi connectivity index (χ3n) is 2.84. The van der Waals surface area contributed by atoms with Crippen LogP contribution in [-0.2, 0) is 4.79 Å². The van der Waals surface area contributed by atoms with Gasteiger partial charge < -0.3 is 10.0 Å². The minimum absolute atomic E-state index is 0.362. The Hall–Kier alpha value is -1.55. The van der Waals surface area contributed by atoms with Crippen molar-refractivity contribution in [1.29, 1.82) is 0 Å². The van der Waals surface area contributed by atoms with Crippen molar-refractivity contribution in [2.45, 2.75) is 6.92 Å². The molecule has 90 valence electrons. The number of thiophene rings is 1. The van der Waals surface area contributed by atoms with Crippen LogP contribution in [0, 0.1) is 5.92 Å². The van der Waals surface area contributed by atoms with Gasteiger partial charge in [0.1, 0.15) is 0 Å². The number of fused-ring (bicyclic) bond motifs is 1. The molecule has 0 radical (unpaired) electrons. The van der Waals surface area contributed by atoms with Gasteiger partial charge in [-0.2, -0.15) is 0 Å². The van der Waals surface area contributed by atoms with E-state index in [-0.39, 0.29) is 5.92 Å². The van der Waals surface area contributed by atoms with Crippen LogP contribution in [0.1, 0.15) is 6.92 Å². The highest BCUT2D eigenvalue weighted by molar-refractivity contribution is 7.17. The lowest BCUT2D eigenvalue weighted by molar-refractivity contribution is -0.140. The van der Waals surface area contributed by atoms with Gasteiger partial charge in [-0.05, 0) is 6.07 Å². The molecule has 0 aliphatic carbocycles. The molecule has 17 heavy (non-hydrogen) atoms. The molecule has 1 atom stereocenters. The van der Waals surface area contributed by atoms with E-state index in [0.29, 0.717) is 6.54 Å². The number of hydrogen-bond donors (Lipinski definition) is 1. The minimum atomic E-state index is -0.753. The summed E-state index contributed by atoms with van der Waals surface area (Å²) in [4.78, 5) is 12.9. The maximum absolute atomic E-state index is 10.8. The Morgan fingerprint density at radius 3 is 2.88 bits per heavy atom. The molecule has 0 aliphatic heterocycles. The maximum atomic E-state index is 10.8. The molecule has 0 fully saturated rings. The molecular formula is C13H15NO2S. The molecule has 4 heteroatoms. The third-order valence-corrected chi connectivity index (χ3v) is 3.79. The van der Waals surface area contributed by atoms with Crippen LogP contribution in [-0.4, -0.2) is 24.7 Å². The Balaban J connectivity index is 2.25. The van der Waals surface area contributed by atoms with Crippen LogP contribution in [0.15, 0.2) is 29.6 Å². The van der Waals surface area contributed by atoms with E-state index in [9.17, 15) is 4.79 Å². The van der Waals surface area contributed by atoms with Crippen molar-refractivity contribution in [1.82, 2.24) is 0 Å². The van der Waals surface area contributed by atoms with Gasteiger partial charge in [-0.1, -0.05) is 25.1 Å². The van der Waals surface area contributed by atoms with Gasteiger partial charge in [-0.15, -0.1) is 11.3 Å². The minimum Gasteiger partial charge on any atom is -0.481 e. The molecular weight excluding hydrogens is 234 g/mol. The van der Waals surface area contributed by atoms with E-state index in [0.717, 1.165) is 5.69 Å². The summed E-state index contributed by atoms with van der Waals surface area (Å²) in [7, 11) is 1.94. The van der Waals surface area contributed by atoms with Crippen molar-refractivity contribution < 1.29 is 9.90 Å². The van der Waals surface area contributed by atoms with Gasteiger partial charge in [-0.3, -0.25) is 4.79 Å². The zero-order valence-corrected chi connectivity index (χ0v) is 10.7. The molecule has 1 unspecified atom stereocenters. The standard InChI is InChI=1S/C13H15NO2S/c1-9(13(15)16)7-14(2)11-8-17-12-6-4-3-5-10(11)12/h3-6,8-9H,7H2,1-2H3,(H,15,16). The predicted octanol–water partition coefficient (Wildman–Crippen LogP) is 3.06. The Bertz CT molecular complexity index is 535. The maximum Gasteiger partial charge on any atom is 0.308 e. The first kappa shape index (κ1) is 11.9. The second-order valence-corrected chi connectivity index (χ2v) is 5.15. The van der Waals surface area contributed by atoms with E-state index in [2.05, 4.69) is 17.5 Å². The summed E-state index contributed by atoms with van der Waals surface area (Å²) >= 11 is 1.69. The number of nitrogens with zero attached hydrogens (tertiary/aromatic N) is 1. The lowest BCUT2D eigenvalue weighted by atomic mass is 10.1. The molecule has 0 saturated heterocycles. The van der Waals surface area contributed by atoms with E-state index >= 15 is 0 Å². The second kappa shape index (κ2) is 4.75. The Morgan fingerprint density at radius 1 is 1.47 bits per heavy atom. The van der Waals surface area contributed by atoms with Crippen LogP contribution >= 0.6 is 11.3 Å². The molecule has 3 nitrogen and oxygen atoms in total. The molecule has 1 aromatic heterocycles. The summed E-state index contributed by atoms with van der Waals surface area (Å²) in [5, 5.41) is 12.2. The molecule has 1 heterocycles. The number of hydrogen-bond acceptors (Lipinski definition) is 3. The fraction of sp³-hybridized carbons (Fsp3) is 0.308. The monoisotopic (exact) mass is 249 g/mol. The van der Waals surface area contributed by atoms with Crippen molar-refractivity contribution >= 4 is 33.1 Å². The molecule has 2 aromatic rings. The Labute approximate surface area is 104 Å². The van der Waals surface area contributed by atoms with Crippen molar-refractivity contribution in [3.05, 3.63) is 29.6 Å². The molecule has 0 saturated carbocycles. The largest absolute Gasteiger partial charge is 0.481 e. The Kier molecular flexibility index (Phi) is 3.33. The van der Waals surface area contributed by atoms with Crippen LogP contribution < -0.4 is 4.90 Å². The summed E-state index contributed by atoms with van der Waals surface area (Å²) in [6.07, 6.45) is 0. The van der Waals surface area contributed by atoms with E-state index in [1.54, 1.807) is 18.3 Å². The van der Waals surface area contributed by atoms with E-state index in [1.165, 1.54) is 10.1 Å². The first-order valence-electron chi connectivity index (χ1n) is 5.49. The van der Waals surface area contributed by atoms with Gasteiger partial charge in [0.15, 0.2) is 0 Å². The summed E-state index contributed by atoms with van der Waals surface area (Å²) < 4.78 is 1.23.